The Balaban J connectivity index is 2.58. The summed E-state index contributed by atoms with van der Waals surface area (Å²) < 4.78 is 13.1. The molecule has 0 amide bonds. The van der Waals surface area contributed by atoms with Crippen molar-refractivity contribution in [2.24, 2.45) is 0 Å². The molecule has 0 radical (unpaired) electrons. The fourth-order valence-corrected chi connectivity index (χ4v) is 2.11. The Morgan fingerprint density at radius 3 is 2.77 bits per heavy atom. The van der Waals surface area contributed by atoms with Gasteiger partial charge in [-0.3, -0.25) is 0 Å². The summed E-state index contributed by atoms with van der Waals surface area (Å²) in [7, 11) is 1.90. The van der Waals surface area contributed by atoms with Crippen LogP contribution in [0.25, 0.3) is 0 Å². The summed E-state index contributed by atoms with van der Waals surface area (Å²) in [5.74, 6) is -0.129. The van der Waals surface area contributed by atoms with Crippen molar-refractivity contribution in [1.82, 2.24) is 5.32 Å². The van der Waals surface area contributed by atoms with Gasteiger partial charge in [0.25, 0.3) is 0 Å². The van der Waals surface area contributed by atoms with E-state index in [1.165, 1.54) is 6.07 Å². The van der Waals surface area contributed by atoms with Crippen LogP contribution in [0.2, 0.25) is 0 Å². The number of halogens is 1. The van der Waals surface area contributed by atoms with Crippen molar-refractivity contribution < 1.29 is 4.39 Å². The van der Waals surface area contributed by atoms with Crippen molar-refractivity contribution in [3.8, 4) is 0 Å². The third kappa shape index (κ3) is 3.36. The maximum absolute atomic E-state index is 13.1. The Hall–Kier alpha value is -0.540. The monoisotopic (exact) mass is 199 g/mol. The molecule has 1 aromatic rings. The van der Waals surface area contributed by atoms with Crippen molar-refractivity contribution >= 4 is 11.8 Å². The number of nitrogens with one attached hydrogen (secondary N) is 1. The minimum atomic E-state index is -0.129. The van der Waals surface area contributed by atoms with E-state index in [4.69, 9.17) is 0 Å². The summed E-state index contributed by atoms with van der Waals surface area (Å²) in [6.07, 6.45) is 0. The highest BCUT2D eigenvalue weighted by atomic mass is 32.2. The molecule has 0 heterocycles. The average molecular weight is 199 g/mol. The van der Waals surface area contributed by atoms with Crippen molar-refractivity contribution in [1.29, 1.82) is 0 Å². The van der Waals surface area contributed by atoms with Crippen LogP contribution in [-0.2, 0) is 0 Å². The molecule has 1 aromatic carbocycles. The van der Waals surface area contributed by atoms with Crippen LogP contribution >= 0.6 is 11.8 Å². The van der Waals surface area contributed by atoms with Crippen LogP contribution in [-0.4, -0.2) is 18.8 Å². The Morgan fingerprint density at radius 1 is 1.46 bits per heavy atom. The highest BCUT2D eigenvalue weighted by molar-refractivity contribution is 8.00. The van der Waals surface area contributed by atoms with Gasteiger partial charge >= 0.3 is 0 Å². The van der Waals surface area contributed by atoms with Gasteiger partial charge in [0.2, 0.25) is 0 Å². The van der Waals surface area contributed by atoms with Gasteiger partial charge in [0.1, 0.15) is 5.82 Å². The molecule has 0 bridgehead atoms. The molecular formula is C10H14FNS. The molecule has 0 saturated heterocycles. The molecule has 1 rings (SSSR count). The summed E-state index contributed by atoms with van der Waals surface area (Å²) >= 11 is 1.56. The van der Waals surface area contributed by atoms with Gasteiger partial charge in [-0.05, 0) is 19.2 Å². The molecule has 0 aromatic heterocycles. The van der Waals surface area contributed by atoms with Crippen molar-refractivity contribution in [2.45, 2.75) is 17.1 Å². The molecule has 0 aliphatic rings. The SMILES string of the molecule is CNCC(C)Sc1ccccc1F. The Kier molecular flexibility index (Phi) is 4.25. The van der Waals surface area contributed by atoms with Crippen LogP contribution < -0.4 is 5.32 Å². The van der Waals surface area contributed by atoms with E-state index in [2.05, 4.69) is 12.2 Å². The normalized spacial score (nSPS) is 12.8. The molecule has 0 fully saturated rings. The molecule has 1 atom stereocenters. The second-order valence-electron chi connectivity index (χ2n) is 2.92. The lowest BCUT2D eigenvalue weighted by Crippen LogP contribution is -2.17. The maximum atomic E-state index is 13.1. The maximum Gasteiger partial charge on any atom is 0.136 e. The molecule has 1 N–H and O–H groups in total. The number of thioether (sulfide) groups is 1. The van der Waals surface area contributed by atoms with Crippen LogP contribution in [0.1, 0.15) is 6.92 Å². The third-order valence-electron chi connectivity index (χ3n) is 1.66. The van der Waals surface area contributed by atoms with Gasteiger partial charge in [-0.2, -0.15) is 0 Å². The lowest BCUT2D eigenvalue weighted by atomic mass is 10.3. The largest absolute Gasteiger partial charge is 0.319 e. The van der Waals surface area contributed by atoms with Crippen LogP contribution in [0, 0.1) is 5.82 Å². The standard InChI is InChI=1S/C10H14FNS/c1-8(7-12-2)13-10-6-4-3-5-9(10)11/h3-6,8,12H,7H2,1-2H3. The molecule has 3 heteroatoms. The van der Waals surface area contributed by atoms with Crippen LogP contribution in [0.3, 0.4) is 0 Å². The number of hydrogen-bond donors (Lipinski definition) is 1. The fraction of sp³-hybridized carbons (Fsp3) is 0.400. The zero-order valence-electron chi connectivity index (χ0n) is 7.88. The van der Waals surface area contributed by atoms with Gasteiger partial charge in [-0.1, -0.05) is 19.1 Å². The highest BCUT2D eigenvalue weighted by Gasteiger charge is 2.06. The predicted octanol–water partition coefficient (Wildman–Crippen LogP) is 2.53. The Morgan fingerprint density at radius 2 is 2.15 bits per heavy atom. The van der Waals surface area contributed by atoms with Crippen molar-refractivity contribution in [2.75, 3.05) is 13.6 Å². The van der Waals surface area contributed by atoms with Crippen LogP contribution in [0.5, 0.6) is 0 Å². The summed E-state index contributed by atoms with van der Waals surface area (Å²) in [6, 6.07) is 6.88. The first-order chi connectivity index (χ1) is 6.24. The lowest BCUT2D eigenvalue weighted by Gasteiger charge is -2.10. The van der Waals surface area contributed by atoms with E-state index in [0.717, 1.165) is 11.4 Å². The number of hydrogen-bond acceptors (Lipinski definition) is 2. The van der Waals surface area contributed by atoms with E-state index in [1.807, 2.05) is 19.2 Å². The summed E-state index contributed by atoms with van der Waals surface area (Å²) in [5, 5.41) is 3.45. The molecule has 1 unspecified atom stereocenters. The van der Waals surface area contributed by atoms with Gasteiger partial charge in [0, 0.05) is 16.7 Å². The minimum Gasteiger partial charge on any atom is -0.319 e. The third-order valence-corrected chi connectivity index (χ3v) is 2.81. The first kappa shape index (κ1) is 10.5. The fourth-order valence-electron chi connectivity index (χ4n) is 1.09. The molecule has 13 heavy (non-hydrogen) atoms. The topological polar surface area (TPSA) is 12.0 Å². The quantitative estimate of drug-likeness (QED) is 0.748. The Bertz CT molecular complexity index is 265. The van der Waals surface area contributed by atoms with E-state index in [-0.39, 0.29) is 5.82 Å². The van der Waals surface area contributed by atoms with E-state index in [0.29, 0.717) is 5.25 Å². The molecule has 0 aliphatic carbocycles. The molecule has 0 saturated carbocycles. The molecule has 1 nitrogen and oxygen atoms in total. The number of rotatable bonds is 4. The first-order valence-electron chi connectivity index (χ1n) is 4.30. The first-order valence-corrected chi connectivity index (χ1v) is 5.17. The lowest BCUT2D eigenvalue weighted by molar-refractivity contribution is 0.601. The summed E-state index contributed by atoms with van der Waals surface area (Å²) in [6.45, 7) is 2.96. The van der Waals surface area contributed by atoms with Crippen molar-refractivity contribution in [3.63, 3.8) is 0 Å². The van der Waals surface area contributed by atoms with E-state index in [1.54, 1.807) is 17.8 Å². The van der Waals surface area contributed by atoms with Gasteiger partial charge in [0.05, 0.1) is 0 Å². The van der Waals surface area contributed by atoms with Gasteiger partial charge < -0.3 is 5.32 Å². The van der Waals surface area contributed by atoms with Gasteiger partial charge in [0.15, 0.2) is 0 Å². The predicted molar refractivity (Wildman–Crippen MR) is 55.6 cm³/mol. The number of benzene rings is 1. The smallest absolute Gasteiger partial charge is 0.136 e. The molecule has 72 valence electrons. The second-order valence-corrected chi connectivity index (χ2v) is 4.40. The molecule has 0 aliphatic heterocycles. The van der Waals surface area contributed by atoms with Gasteiger partial charge in [-0.15, -0.1) is 11.8 Å². The van der Waals surface area contributed by atoms with E-state index < -0.39 is 0 Å². The molecular weight excluding hydrogens is 185 g/mol. The average Bonchev–Trinajstić information content (AvgIpc) is 2.09. The van der Waals surface area contributed by atoms with E-state index in [9.17, 15) is 4.39 Å². The second kappa shape index (κ2) is 5.25. The summed E-state index contributed by atoms with van der Waals surface area (Å²) in [5.41, 5.74) is 0. The van der Waals surface area contributed by atoms with Gasteiger partial charge in [-0.25, -0.2) is 4.39 Å². The van der Waals surface area contributed by atoms with Crippen LogP contribution in [0.4, 0.5) is 4.39 Å². The van der Waals surface area contributed by atoms with Crippen LogP contribution in [0.15, 0.2) is 29.2 Å². The zero-order valence-corrected chi connectivity index (χ0v) is 8.70. The van der Waals surface area contributed by atoms with Crippen molar-refractivity contribution in [3.05, 3.63) is 30.1 Å². The van der Waals surface area contributed by atoms with E-state index >= 15 is 0 Å². The minimum absolute atomic E-state index is 0.129. The zero-order chi connectivity index (χ0) is 9.68. The Labute approximate surface area is 82.7 Å². The molecule has 0 spiro atoms. The highest BCUT2D eigenvalue weighted by Crippen LogP contribution is 2.24. The summed E-state index contributed by atoms with van der Waals surface area (Å²) in [4.78, 5) is 0.727.